The molecule has 3 aromatic rings. The Hall–Kier alpha value is -4.14. The number of carbonyl (C=O) groups excluding carboxylic acids is 2. The van der Waals surface area contributed by atoms with Gasteiger partial charge in [-0.25, -0.2) is 0 Å². The number of rotatable bonds is 8. The molecule has 1 aromatic heterocycles. The van der Waals surface area contributed by atoms with Crippen LogP contribution >= 0.6 is 23.1 Å². The molecule has 0 saturated heterocycles. The van der Waals surface area contributed by atoms with E-state index in [2.05, 4.69) is 21.6 Å². The summed E-state index contributed by atoms with van der Waals surface area (Å²) in [4.78, 5) is 27.4. The van der Waals surface area contributed by atoms with Gasteiger partial charge in [-0.15, -0.1) is 10.2 Å². The number of ether oxygens (including phenoxy) is 1. The van der Waals surface area contributed by atoms with Crippen molar-refractivity contribution in [3.05, 3.63) is 82.8 Å². The van der Waals surface area contributed by atoms with Gasteiger partial charge in [0, 0.05) is 23.4 Å². The van der Waals surface area contributed by atoms with Gasteiger partial charge < -0.3 is 15.8 Å². The van der Waals surface area contributed by atoms with E-state index in [0.29, 0.717) is 52.2 Å². The van der Waals surface area contributed by atoms with Crippen LogP contribution in [0.15, 0.2) is 81.6 Å². The highest BCUT2D eigenvalue weighted by atomic mass is 32.2. The Morgan fingerprint density at radius 1 is 1.21 bits per heavy atom. The Morgan fingerprint density at radius 2 is 1.97 bits per heavy atom. The van der Waals surface area contributed by atoms with Crippen molar-refractivity contribution in [1.29, 1.82) is 5.26 Å². The van der Waals surface area contributed by atoms with Crippen molar-refractivity contribution < 1.29 is 14.3 Å². The number of anilines is 2. The topological polar surface area (TPSA) is 134 Å². The van der Waals surface area contributed by atoms with Crippen molar-refractivity contribution in [2.75, 3.05) is 22.6 Å². The SMILES string of the molecule is CCOc1ccc(NC(=O)CSc2nnc(N3C(N)=C(C#N)C(c4ccccc4)C4=C3CCCC4=O)s2)cc1. The molecule has 0 spiro atoms. The highest BCUT2D eigenvalue weighted by Crippen LogP contribution is 2.47. The number of hydrogen-bond acceptors (Lipinski definition) is 10. The van der Waals surface area contributed by atoms with Gasteiger partial charge in [-0.1, -0.05) is 53.4 Å². The third kappa shape index (κ3) is 5.53. The molecule has 0 fully saturated rings. The molecule has 2 aliphatic rings. The first kappa shape index (κ1) is 26.5. The first-order valence-corrected chi connectivity index (χ1v) is 14.3. The molecule has 1 amide bonds. The minimum absolute atomic E-state index is 0.0143. The van der Waals surface area contributed by atoms with Crippen molar-refractivity contribution in [3.8, 4) is 11.8 Å². The average Bonchev–Trinajstić information content (AvgIpc) is 3.41. The lowest BCUT2D eigenvalue weighted by atomic mass is 9.76. The quantitative estimate of drug-likeness (QED) is 0.367. The number of carbonyl (C=O) groups is 2. The molecule has 1 atom stereocenters. The minimum Gasteiger partial charge on any atom is -0.494 e. The highest BCUT2D eigenvalue weighted by Gasteiger charge is 2.41. The summed E-state index contributed by atoms with van der Waals surface area (Å²) in [5, 5.41) is 22.0. The van der Waals surface area contributed by atoms with Gasteiger partial charge >= 0.3 is 0 Å². The number of benzene rings is 2. The van der Waals surface area contributed by atoms with Crippen LogP contribution in [0.1, 0.15) is 37.7 Å². The summed E-state index contributed by atoms with van der Waals surface area (Å²) in [7, 11) is 0. The Labute approximate surface area is 234 Å². The van der Waals surface area contributed by atoms with Crippen LogP contribution in [0.3, 0.4) is 0 Å². The molecule has 3 N–H and O–H groups in total. The fourth-order valence-electron chi connectivity index (χ4n) is 4.76. The van der Waals surface area contributed by atoms with Crippen LogP contribution in [0, 0.1) is 11.3 Å². The van der Waals surface area contributed by atoms with E-state index >= 15 is 0 Å². The zero-order valence-electron chi connectivity index (χ0n) is 21.2. The number of ketones is 1. The first-order valence-electron chi connectivity index (χ1n) is 12.5. The third-order valence-corrected chi connectivity index (χ3v) is 8.45. The van der Waals surface area contributed by atoms with Crippen LogP contribution in [-0.4, -0.2) is 34.2 Å². The van der Waals surface area contributed by atoms with E-state index in [9.17, 15) is 14.9 Å². The molecule has 1 aliphatic heterocycles. The van der Waals surface area contributed by atoms with E-state index in [1.165, 1.54) is 23.1 Å². The number of allylic oxidation sites excluding steroid dienone is 3. The molecular weight excluding hydrogens is 532 g/mol. The first-order chi connectivity index (χ1) is 19.0. The molecule has 0 saturated carbocycles. The molecule has 0 bridgehead atoms. The zero-order chi connectivity index (χ0) is 27.4. The molecule has 9 nitrogen and oxygen atoms in total. The summed E-state index contributed by atoms with van der Waals surface area (Å²) < 4.78 is 6.00. The van der Waals surface area contributed by atoms with Crippen LogP contribution in [-0.2, 0) is 9.59 Å². The summed E-state index contributed by atoms with van der Waals surface area (Å²) in [5.74, 6) is 0.451. The molecule has 2 aromatic carbocycles. The largest absolute Gasteiger partial charge is 0.494 e. The maximum absolute atomic E-state index is 13.2. The van der Waals surface area contributed by atoms with Gasteiger partial charge in [0.15, 0.2) is 10.1 Å². The van der Waals surface area contributed by atoms with E-state index in [1.54, 1.807) is 29.2 Å². The number of nitrogens with zero attached hydrogens (tertiary/aromatic N) is 4. The Morgan fingerprint density at radius 3 is 2.69 bits per heavy atom. The highest BCUT2D eigenvalue weighted by molar-refractivity contribution is 8.01. The maximum atomic E-state index is 13.2. The van der Waals surface area contributed by atoms with Crippen molar-refractivity contribution in [2.45, 2.75) is 36.4 Å². The molecule has 2 heterocycles. The number of aromatic nitrogens is 2. The second-order valence-corrected chi connectivity index (χ2v) is 11.1. The van der Waals surface area contributed by atoms with Crippen LogP contribution in [0.4, 0.5) is 10.8 Å². The second-order valence-electron chi connectivity index (χ2n) is 8.87. The molecule has 0 radical (unpaired) electrons. The predicted molar refractivity (Wildman–Crippen MR) is 151 cm³/mol. The number of nitriles is 1. The van der Waals surface area contributed by atoms with Crippen molar-refractivity contribution in [1.82, 2.24) is 10.2 Å². The summed E-state index contributed by atoms with van der Waals surface area (Å²) in [6, 6.07) is 18.9. The van der Waals surface area contributed by atoms with Crippen molar-refractivity contribution >= 4 is 45.6 Å². The third-order valence-electron chi connectivity index (χ3n) is 6.41. The molecule has 5 rings (SSSR count). The predicted octanol–water partition coefficient (Wildman–Crippen LogP) is 4.97. The molecule has 1 unspecified atom stereocenters. The Bertz CT molecular complexity index is 1490. The summed E-state index contributed by atoms with van der Waals surface area (Å²) in [6.07, 6.45) is 1.75. The zero-order valence-corrected chi connectivity index (χ0v) is 22.8. The van der Waals surface area contributed by atoms with Gasteiger partial charge in [0.05, 0.1) is 29.9 Å². The Kier molecular flexibility index (Phi) is 7.95. The lowest BCUT2D eigenvalue weighted by molar-refractivity contribution is -0.116. The van der Waals surface area contributed by atoms with Crippen LogP contribution in [0.2, 0.25) is 0 Å². The van der Waals surface area contributed by atoms with E-state index in [4.69, 9.17) is 10.5 Å². The second kappa shape index (κ2) is 11.7. The van der Waals surface area contributed by atoms with E-state index in [1.807, 2.05) is 37.3 Å². The number of nitrogens with two attached hydrogens (primary N) is 1. The standard InChI is InChI=1S/C28H26N6O3S2/c1-2-37-19-13-11-18(12-14-19)31-23(36)16-38-28-33-32-27(39-28)34-21-9-6-10-22(35)25(21)24(20(15-29)26(34)30)17-7-4-3-5-8-17/h3-5,7-8,11-14,24H,2,6,9-10,16,30H2,1H3,(H,31,36). The number of Topliss-reactive ketones (excluding diaryl/α,β-unsaturated/α-hetero) is 1. The van der Waals surface area contributed by atoms with Gasteiger partial charge in [-0.2, -0.15) is 5.26 Å². The van der Waals surface area contributed by atoms with E-state index < -0.39 is 5.92 Å². The number of thioether (sulfide) groups is 1. The van der Waals surface area contributed by atoms with Gasteiger partial charge in [0.25, 0.3) is 0 Å². The van der Waals surface area contributed by atoms with Crippen LogP contribution < -0.4 is 20.7 Å². The molecule has 39 heavy (non-hydrogen) atoms. The van der Waals surface area contributed by atoms with Gasteiger partial charge in [-0.05, 0) is 49.6 Å². The summed E-state index contributed by atoms with van der Waals surface area (Å²) in [5.41, 5.74) is 9.79. The lowest BCUT2D eigenvalue weighted by Gasteiger charge is -2.38. The fraction of sp³-hybridized carbons (Fsp3) is 0.250. The Balaban J connectivity index is 1.35. The maximum Gasteiger partial charge on any atom is 0.234 e. The minimum atomic E-state index is -0.511. The van der Waals surface area contributed by atoms with E-state index in [-0.39, 0.29) is 23.3 Å². The summed E-state index contributed by atoms with van der Waals surface area (Å²) in [6.45, 7) is 2.49. The fourth-order valence-corrected chi connectivity index (χ4v) is 6.44. The number of nitrogens with one attached hydrogen (secondary N) is 1. The molecule has 1 aliphatic carbocycles. The van der Waals surface area contributed by atoms with Gasteiger partial charge in [-0.3, -0.25) is 14.5 Å². The van der Waals surface area contributed by atoms with Gasteiger partial charge in [0.2, 0.25) is 11.0 Å². The van der Waals surface area contributed by atoms with Crippen LogP contribution in [0.5, 0.6) is 5.75 Å². The normalized spacial score (nSPS) is 17.1. The number of hydrogen-bond donors (Lipinski definition) is 2. The average molecular weight is 559 g/mol. The lowest BCUT2D eigenvalue weighted by Crippen LogP contribution is -2.38. The van der Waals surface area contributed by atoms with Crippen molar-refractivity contribution in [2.24, 2.45) is 5.73 Å². The molecular formula is C28H26N6O3S2. The monoisotopic (exact) mass is 558 g/mol. The number of amides is 1. The van der Waals surface area contributed by atoms with Gasteiger partial charge in [0.1, 0.15) is 11.6 Å². The summed E-state index contributed by atoms with van der Waals surface area (Å²) >= 11 is 2.52. The van der Waals surface area contributed by atoms with E-state index in [0.717, 1.165) is 17.0 Å². The molecule has 198 valence electrons. The smallest absolute Gasteiger partial charge is 0.234 e. The van der Waals surface area contributed by atoms with Crippen molar-refractivity contribution in [3.63, 3.8) is 0 Å². The van der Waals surface area contributed by atoms with Crippen LogP contribution in [0.25, 0.3) is 0 Å². The molecule has 11 heteroatoms.